The molecule has 1 amide bonds. The van der Waals surface area contributed by atoms with Crippen LogP contribution in [0.4, 0.5) is 0 Å². The normalized spacial score (nSPS) is 21.0. The van der Waals surface area contributed by atoms with Crippen LogP contribution in [-0.4, -0.2) is 34.0 Å². The second-order valence-electron chi connectivity index (χ2n) is 9.32. The number of carbonyl (C=O) groups excluding carboxylic acids is 2. The molecule has 27 heavy (non-hydrogen) atoms. The minimum atomic E-state index is -0.571. The van der Waals surface area contributed by atoms with Gasteiger partial charge in [0.1, 0.15) is 0 Å². The van der Waals surface area contributed by atoms with Gasteiger partial charge in [0.05, 0.1) is 12.5 Å². The van der Waals surface area contributed by atoms with Crippen LogP contribution in [0.5, 0.6) is 0 Å². The summed E-state index contributed by atoms with van der Waals surface area (Å²) in [7, 11) is 0. The van der Waals surface area contributed by atoms with Crippen LogP contribution in [0, 0.1) is 12.3 Å². The fourth-order valence-corrected chi connectivity index (χ4v) is 4.90. The summed E-state index contributed by atoms with van der Waals surface area (Å²) in [6.45, 7) is 8.29. The number of fused-ring (bicyclic) bond motifs is 1. The van der Waals surface area contributed by atoms with E-state index in [1.54, 1.807) is 6.92 Å². The largest absolute Gasteiger partial charge is 0.392 e. The first-order chi connectivity index (χ1) is 12.7. The molecule has 1 atom stereocenters. The molecule has 5 nitrogen and oxygen atoms in total. The molecule has 0 radical (unpaired) electrons. The summed E-state index contributed by atoms with van der Waals surface area (Å²) in [6, 6.07) is 0.448. The van der Waals surface area contributed by atoms with Crippen LogP contribution < -0.4 is 5.32 Å². The Bertz CT molecular complexity index is 724. The number of aromatic nitrogens is 1. The fourth-order valence-electron chi connectivity index (χ4n) is 4.90. The first-order valence-electron chi connectivity index (χ1n) is 10.4. The molecule has 0 spiro atoms. The molecule has 0 aromatic carbocycles. The number of aliphatic hydroxyl groups excluding tert-OH is 1. The van der Waals surface area contributed by atoms with E-state index in [0.717, 1.165) is 41.8 Å². The Morgan fingerprint density at radius 2 is 1.93 bits per heavy atom. The highest BCUT2D eigenvalue weighted by Gasteiger charge is 2.38. The van der Waals surface area contributed by atoms with Gasteiger partial charge in [0.25, 0.3) is 0 Å². The van der Waals surface area contributed by atoms with Gasteiger partial charge in [0.2, 0.25) is 5.91 Å². The van der Waals surface area contributed by atoms with E-state index in [9.17, 15) is 14.7 Å². The zero-order valence-corrected chi connectivity index (χ0v) is 17.2. The summed E-state index contributed by atoms with van der Waals surface area (Å²) < 4.78 is 2.41. The number of Topliss-reactive ketones (excluding diaryl/α,β-unsaturated/α-hetero) is 1. The van der Waals surface area contributed by atoms with Gasteiger partial charge in [-0.2, -0.15) is 0 Å². The van der Waals surface area contributed by atoms with E-state index in [4.69, 9.17) is 0 Å². The maximum Gasteiger partial charge on any atom is 0.224 e. The van der Waals surface area contributed by atoms with Crippen LogP contribution in [0.2, 0.25) is 0 Å². The van der Waals surface area contributed by atoms with Gasteiger partial charge >= 0.3 is 0 Å². The van der Waals surface area contributed by atoms with Crippen molar-refractivity contribution < 1.29 is 14.7 Å². The molecule has 0 saturated heterocycles. The zero-order valence-electron chi connectivity index (χ0n) is 17.2. The minimum absolute atomic E-state index is 0.0346. The molecule has 1 aromatic rings. The van der Waals surface area contributed by atoms with Crippen LogP contribution in [-0.2, 0) is 17.6 Å². The molecular formula is C22H34N2O3. The van der Waals surface area contributed by atoms with E-state index in [2.05, 4.69) is 30.7 Å². The predicted molar refractivity (Wildman–Crippen MR) is 106 cm³/mol. The van der Waals surface area contributed by atoms with Gasteiger partial charge in [-0.1, -0.05) is 33.1 Å². The highest BCUT2D eigenvalue weighted by atomic mass is 16.3. The molecule has 1 saturated carbocycles. The zero-order chi connectivity index (χ0) is 19.8. The highest BCUT2D eigenvalue weighted by Crippen LogP contribution is 2.42. The Balaban J connectivity index is 1.99. The van der Waals surface area contributed by atoms with E-state index < -0.39 is 6.10 Å². The average Bonchev–Trinajstić information content (AvgIpc) is 2.84. The molecular weight excluding hydrogens is 340 g/mol. The summed E-state index contributed by atoms with van der Waals surface area (Å²) in [5.41, 5.74) is 3.92. The van der Waals surface area contributed by atoms with Crippen molar-refractivity contribution in [1.82, 2.24) is 9.88 Å². The predicted octanol–water partition coefficient (Wildman–Crippen LogP) is 3.50. The molecule has 2 aliphatic carbocycles. The first kappa shape index (κ1) is 20.1. The van der Waals surface area contributed by atoms with E-state index in [1.165, 1.54) is 19.3 Å². The molecule has 2 aliphatic rings. The van der Waals surface area contributed by atoms with Gasteiger partial charge in [-0.25, -0.2) is 0 Å². The number of aliphatic hydroxyl groups is 1. The van der Waals surface area contributed by atoms with Crippen molar-refractivity contribution >= 4 is 11.7 Å². The van der Waals surface area contributed by atoms with Crippen molar-refractivity contribution in [3.63, 3.8) is 0 Å². The molecule has 0 bridgehead atoms. The lowest BCUT2D eigenvalue weighted by atomic mass is 9.75. The molecule has 0 unspecified atom stereocenters. The van der Waals surface area contributed by atoms with Gasteiger partial charge in [-0.3, -0.25) is 9.59 Å². The van der Waals surface area contributed by atoms with Crippen molar-refractivity contribution in [3.8, 4) is 0 Å². The van der Waals surface area contributed by atoms with Crippen LogP contribution >= 0.6 is 0 Å². The molecule has 2 N–H and O–H groups in total. The SMILES string of the molecule is Cc1c(CC(=O)NC[C@@H](C)O)c2c(n1C1CCCCC1)CC(C)(C)CC2=O. The molecule has 0 aliphatic heterocycles. The number of nitrogens with zero attached hydrogens (tertiary/aromatic N) is 1. The summed E-state index contributed by atoms with van der Waals surface area (Å²) in [6.07, 6.45) is 7.14. The van der Waals surface area contributed by atoms with Gasteiger partial charge in [0, 0.05) is 36.0 Å². The van der Waals surface area contributed by atoms with E-state index in [-0.39, 0.29) is 30.1 Å². The Morgan fingerprint density at radius 3 is 2.56 bits per heavy atom. The van der Waals surface area contributed by atoms with Gasteiger partial charge < -0.3 is 15.0 Å². The van der Waals surface area contributed by atoms with E-state index in [0.29, 0.717) is 12.5 Å². The van der Waals surface area contributed by atoms with Crippen molar-refractivity contribution in [2.75, 3.05) is 6.54 Å². The second kappa shape index (κ2) is 7.78. The number of rotatable bonds is 5. The van der Waals surface area contributed by atoms with Gasteiger partial charge in [-0.05, 0) is 44.1 Å². The molecule has 150 valence electrons. The Labute approximate surface area is 162 Å². The second-order valence-corrected chi connectivity index (χ2v) is 9.32. The third-order valence-corrected chi connectivity index (χ3v) is 6.12. The summed E-state index contributed by atoms with van der Waals surface area (Å²) >= 11 is 0. The number of amides is 1. The number of carbonyl (C=O) groups is 2. The monoisotopic (exact) mass is 374 g/mol. The lowest BCUT2D eigenvalue weighted by Gasteiger charge is -2.33. The van der Waals surface area contributed by atoms with Gasteiger partial charge in [0.15, 0.2) is 5.78 Å². The van der Waals surface area contributed by atoms with Crippen molar-refractivity contribution in [1.29, 1.82) is 0 Å². The van der Waals surface area contributed by atoms with Crippen LogP contribution in [0.15, 0.2) is 0 Å². The lowest BCUT2D eigenvalue weighted by molar-refractivity contribution is -0.120. The number of hydrogen-bond acceptors (Lipinski definition) is 3. The third kappa shape index (κ3) is 4.29. The molecule has 1 fully saturated rings. The van der Waals surface area contributed by atoms with Crippen LogP contribution in [0.3, 0.4) is 0 Å². The Kier molecular flexibility index (Phi) is 5.80. The Hall–Kier alpha value is -1.62. The van der Waals surface area contributed by atoms with E-state index >= 15 is 0 Å². The summed E-state index contributed by atoms with van der Waals surface area (Å²) in [5.74, 6) is 0.0532. The van der Waals surface area contributed by atoms with Crippen LogP contribution in [0.25, 0.3) is 0 Å². The van der Waals surface area contributed by atoms with Crippen molar-refractivity contribution in [2.24, 2.45) is 5.41 Å². The summed E-state index contributed by atoms with van der Waals surface area (Å²) in [5, 5.41) is 12.2. The Morgan fingerprint density at radius 1 is 1.26 bits per heavy atom. The lowest BCUT2D eigenvalue weighted by Crippen LogP contribution is -2.32. The number of nitrogens with one attached hydrogen (secondary N) is 1. The smallest absolute Gasteiger partial charge is 0.224 e. The van der Waals surface area contributed by atoms with E-state index in [1.807, 2.05) is 0 Å². The molecule has 3 rings (SSSR count). The van der Waals surface area contributed by atoms with Crippen molar-refractivity contribution in [3.05, 3.63) is 22.5 Å². The third-order valence-electron chi connectivity index (χ3n) is 6.12. The molecule has 1 aromatic heterocycles. The standard InChI is InChI=1S/C22H34N2O3/c1-14(25)13-23-20(27)10-17-15(2)24(16-8-6-5-7-9-16)18-11-22(3,4)12-19(26)21(17)18/h14,16,25H,5-13H2,1-4H3,(H,23,27)/t14-/m1/s1. The van der Waals surface area contributed by atoms with Crippen LogP contribution in [0.1, 0.15) is 92.6 Å². The number of hydrogen-bond donors (Lipinski definition) is 2. The topological polar surface area (TPSA) is 71.3 Å². The maximum absolute atomic E-state index is 13.0. The quantitative estimate of drug-likeness (QED) is 0.829. The number of ketones is 1. The maximum atomic E-state index is 13.0. The van der Waals surface area contributed by atoms with Crippen molar-refractivity contribution in [2.45, 2.75) is 91.2 Å². The van der Waals surface area contributed by atoms with Gasteiger partial charge in [-0.15, -0.1) is 0 Å². The fraction of sp³-hybridized carbons (Fsp3) is 0.727. The molecule has 1 heterocycles. The average molecular weight is 375 g/mol. The molecule has 5 heteroatoms. The first-order valence-corrected chi connectivity index (χ1v) is 10.4. The minimum Gasteiger partial charge on any atom is -0.392 e. The highest BCUT2D eigenvalue weighted by molar-refractivity contribution is 6.01. The summed E-state index contributed by atoms with van der Waals surface area (Å²) in [4.78, 5) is 25.5.